The van der Waals surface area contributed by atoms with Crippen molar-refractivity contribution in [2.45, 2.75) is 25.3 Å². The van der Waals surface area contributed by atoms with Crippen LogP contribution in [0.4, 0.5) is 0 Å². The second-order valence-electron chi connectivity index (χ2n) is 3.82. The fraction of sp³-hybridized carbons (Fsp3) is 0.500. The van der Waals surface area contributed by atoms with Gasteiger partial charge in [-0.05, 0) is 36.9 Å². The maximum Gasteiger partial charge on any atom is 0.0431 e. The Kier molecular flexibility index (Phi) is 3.17. The topological polar surface area (TPSA) is 32.3 Å². The molecule has 1 aromatic rings. The summed E-state index contributed by atoms with van der Waals surface area (Å²) in [4.78, 5) is 0. The summed E-state index contributed by atoms with van der Waals surface area (Å²) in [5, 5.41) is 12.3. The molecule has 1 heterocycles. The van der Waals surface area contributed by atoms with E-state index in [1.165, 1.54) is 11.1 Å². The third kappa shape index (κ3) is 1.97. The van der Waals surface area contributed by atoms with Crippen LogP contribution in [0.5, 0.6) is 0 Å². The Balaban J connectivity index is 2.14. The molecule has 0 saturated heterocycles. The van der Waals surface area contributed by atoms with Gasteiger partial charge in [-0.2, -0.15) is 0 Å². The van der Waals surface area contributed by atoms with E-state index in [1.807, 2.05) is 0 Å². The van der Waals surface area contributed by atoms with Gasteiger partial charge in [-0.3, -0.25) is 0 Å². The number of nitrogens with one attached hydrogen (secondary N) is 1. The van der Waals surface area contributed by atoms with E-state index in [9.17, 15) is 0 Å². The second kappa shape index (κ2) is 4.58. The van der Waals surface area contributed by atoms with E-state index in [2.05, 4.69) is 29.6 Å². The molecule has 0 unspecified atom stereocenters. The van der Waals surface area contributed by atoms with Crippen LogP contribution >= 0.6 is 0 Å². The number of hydrogen-bond acceptors (Lipinski definition) is 2. The molecular formula is C12H17NO. The molecule has 76 valence electrons. The van der Waals surface area contributed by atoms with Crippen LogP contribution in [0, 0.1) is 0 Å². The van der Waals surface area contributed by atoms with Gasteiger partial charge in [0.15, 0.2) is 0 Å². The van der Waals surface area contributed by atoms with Crippen LogP contribution in [0.25, 0.3) is 0 Å². The lowest BCUT2D eigenvalue weighted by Crippen LogP contribution is -2.29. The molecule has 0 amide bonds. The van der Waals surface area contributed by atoms with E-state index in [0.717, 1.165) is 25.8 Å². The zero-order valence-electron chi connectivity index (χ0n) is 8.37. The van der Waals surface area contributed by atoms with Crippen molar-refractivity contribution in [3.63, 3.8) is 0 Å². The van der Waals surface area contributed by atoms with Crippen LogP contribution < -0.4 is 5.32 Å². The molecule has 2 rings (SSSR count). The summed E-state index contributed by atoms with van der Waals surface area (Å²) in [7, 11) is 0. The molecule has 14 heavy (non-hydrogen) atoms. The van der Waals surface area contributed by atoms with Crippen molar-refractivity contribution in [3.8, 4) is 0 Å². The monoisotopic (exact) mass is 191 g/mol. The third-order valence-electron chi connectivity index (χ3n) is 2.87. The summed E-state index contributed by atoms with van der Waals surface area (Å²) in [5.74, 6) is 0. The van der Waals surface area contributed by atoms with Gasteiger partial charge in [-0.25, -0.2) is 0 Å². The summed E-state index contributed by atoms with van der Waals surface area (Å²) >= 11 is 0. The maximum atomic E-state index is 8.82. The molecule has 1 aliphatic heterocycles. The van der Waals surface area contributed by atoms with Crippen molar-refractivity contribution in [1.82, 2.24) is 5.32 Å². The molecule has 1 aromatic carbocycles. The number of aliphatic hydroxyl groups excluding tert-OH is 1. The highest BCUT2D eigenvalue weighted by atomic mass is 16.2. The average molecular weight is 191 g/mol. The third-order valence-corrected chi connectivity index (χ3v) is 2.87. The van der Waals surface area contributed by atoms with Crippen molar-refractivity contribution in [1.29, 1.82) is 0 Å². The minimum Gasteiger partial charge on any atom is -0.396 e. The Hall–Kier alpha value is -0.860. The first kappa shape index (κ1) is 9.69. The zero-order valence-corrected chi connectivity index (χ0v) is 8.37. The summed E-state index contributed by atoms with van der Waals surface area (Å²) in [6, 6.07) is 9.06. The van der Waals surface area contributed by atoms with Crippen molar-refractivity contribution in [3.05, 3.63) is 35.4 Å². The lowest BCUT2D eigenvalue weighted by molar-refractivity contribution is 0.274. The van der Waals surface area contributed by atoms with Gasteiger partial charge in [0.1, 0.15) is 0 Å². The molecule has 0 aliphatic carbocycles. The maximum absolute atomic E-state index is 8.82. The Morgan fingerprint density at radius 3 is 3.07 bits per heavy atom. The second-order valence-corrected chi connectivity index (χ2v) is 3.82. The highest BCUT2D eigenvalue weighted by Gasteiger charge is 2.17. The molecule has 1 atom stereocenters. The summed E-state index contributed by atoms with van der Waals surface area (Å²) in [6.45, 7) is 1.35. The Morgan fingerprint density at radius 1 is 1.36 bits per heavy atom. The van der Waals surface area contributed by atoms with E-state index in [1.54, 1.807) is 0 Å². The molecule has 0 spiro atoms. The van der Waals surface area contributed by atoms with E-state index >= 15 is 0 Å². The summed E-state index contributed by atoms with van der Waals surface area (Å²) < 4.78 is 0. The number of rotatable bonds is 3. The zero-order chi connectivity index (χ0) is 9.80. The van der Waals surface area contributed by atoms with Crippen molar-refractivity contribution in [2.75, 3.05) is 13.2 Å². The number of hydrogen-bond donors (Lipinski definition) is 2. The minimum absolute atomic E-state index is 0.292. The lowest BCUT2D eigenvalue weighted by Gasteiger charge is -2.26. The van der Waals surface area contributed by atoms with Crippen molar-refractivity contribution in [2.24, 2.45) is 0 Å². The molecule has 0 aromatic heterocycles. The quantitative estimate of drug-likeness (QED) is 0.761. The normalized spacial score (nSPS) is 20.5. The number of aliphatic hydroxyl groups is 1. The van der Waals surface area contributed by atoms with Crippen LogP contribution in [0.1, 0.15) is 30.0 Å². The number of fused-ring (bicyclic) bond motifs is 1. The van der Waals surface area contributed by atoms with Gasteiger partial charge in [0.2, 0.25) is 0 Å². The predicted molar refractivity (Wildman–Crippen MR) is 57.2 cm³/mol. The molecule has 0 fully saturated rings. The van der Waals surface area contributed by atoms with Gasteiger partial charge >= 0.3 is 0 Å². The Bertz CT molecular complexity index is 298. The lowest BCUT2D eigenvalue weighted by atomic mass is 9.92. The molecule has 2 N–H and O–H groups in total. The molecule has 0 saturated carbocycles. The van der Waals surface area contributed by atoms with Crippen molar-refractivity contribution >= 4 is 0 Å². The number of benzene rings is 1. The average Bonchev–Trinajstić information content (AvgIpc) is 2.26. The molecule has 0 radical (unpaired) electrons. The largest absolute Gasteiger partial charge is 0.396 e. The molecular weight excluding hydrogens is 174 g/mol. The first-order valence-corrected chi connectivity index (χ1v) is 5.34. The van der Waals surface area contributed by atoms with Gasteiger partial charge in [0, 0.05) is 12.6 Å². The first-order chi connectivity index (χ1) is 6.92. The molecule has 1 aliphatic rings. The Labute approximate surface area is 85.0 Å². The standard InChI is InChI=1S/C12H17NO/c14-9-3-6-12-11-5-2-1-4-10(11)7-8-13-12/h1-2,4-5,12-14H,3,6-9H2/t12-/m1/s1. The minimum atomic E-state index is 0.292. The van der Waals surface area contributed by atoms with Gasteiger partial charge in [0.05, 0.1) is 0 Å². The van der Waals surface area contributed by atoms with E-state index in [-0.39, 0.29) is 0 Å². The van der Waals surface area contributed by atoms with Crippen LogP contribution in [0.15, 0.2) is 24.3 Å². The molecule has 2 nitrogen and oxygen atoms in total. The van der Waals surface area contributed by atoms with Crippen LogP contribution in [-0.4, -0.2) is 18.3 Å². The fourth-order valence-corrected chi connectivity index (χ4v) is 2.15. The Morgan fingerprint density at radius 2 is 2.21 bits per heavy atom. The SMILES string of the molecule is OCCC[C@H]1NCCc2ccccc21. The molecule has 0 bridgehead atoms. The summed E-state index contributed by atoms with van der Waals surface area (Å²) in [6.07, 6.45) is 3.05. The molecule has 2 heteroatoms. The first-order valence-electron chi connectivity index (χ1n) is 5.34. The predicted octanol–water partition coefficient (Wildman–Crippen LogP) is 1.65. The van der Waals surface area contributed by atoms with E-state index < -0.39 is 0 Å². The van der Waals surface area contributed by atoms with Gasteiger partial charge in [-0.1, -0.05) is 24.3 Å². The van der Waals surface area contributed by atoms with Gasteiger partial charge < -0.3 is 10.4 Å². The van der Waals surface area contributed by atoms with Crippen molar-refractivity contribution < 1.29 is 5.11 Å². The van der Waals surface area contributed by atoms with Crippen LogP contribution in [0.2, 0.25) is 0 Å². The highest BCUT2D eigenvalue weighted by molar-refractivity contribution is 5.32. The fourth-order valence-electron chi connectivity index (χ4n) is 2.15. The van der Waals surface area contributed by atoms with E-state index in [0.29, 0.717) is 12.6 Å². The van der Waals surface area contributed by atoms with Gasteiger partial charge in [-0.15, -0.1) is 0 Å². The summed E-state index contributed by atoms with van der Waals surface area (Å²) in [5.41, 5.74) is 2.89. The van der Waals surface area contributed by atoms with E-state index in [4.69, 9.17) is 5.11 Å². The van der Waals surface area contributed by atoms with Crippen LogP contribution in [-0.2, 0) is 6.42 Å². The van der Waals surface area contributed by atoms with Crippen LogP contribution in [0.3, 0.4) is 0 Å². The smallest absolute Gasteiger partial charge is 0.0431 e. The highest BCUT2D eigenvalue weighted by Crippen LogP contribution is 2.25. The van der Waals surface area contributed by atoms with Gasteiger partial charge in [0.25, 0.3) is 0 Å².